The number of likely N-dealkylation sites (N-methyl/N-ethyl adjacent to an activating group) is 1. The second-order valence-electron chi connectivity index (χ2n) is 3.88. The molecule has 2 rings (SSSR count). The lowest BCUT2D eigenvalue weighted by atomic mass is 10.1. The molecule has 0 bridgehead atoms. The van der Waals surface area contributed by atoms with Gasteiger partial charge in [-0.25, -0.2) is 0 Å². The first-order chi connectivity index (χ1) is 8.54. The number of rotatable bonds is 2. The highest BCUT2D eigenvalue weighted by Crippen LogP contribution is 2.36. The van der Waals surface area contributed by atoms with Gasteiger partial charge < -0.3 is 4.90 Å². The Bertz CT molecular complexity index is 561. The van der Waals surface area contributed by atoms with Crippen LogP contribution in [0.25, 0.3) is 5.70 Å². The van der Waals surface area contributed by atoms with Gasteiger partial charge in [0.05, 0.1) is 5.02 Å². The van der Waals surface area contributed by atoms with E-state index in [0.717, 1.165) is 37.5 Å². The molecule has 0 saturated heterocycles. The average Bonchev–Trinajstić information content (AvgIpc) is 2.33. The summed E-state index contributed by atoms with van der Waals surface area (Å²) in [6.45, 7) is 7.03. The Kier molecular flexibility index (Phi) is 4.36. The molecule has 0 fully saturated rings. The van der Waals surface area contributed by atoms with Crippen molar-refractivity contribution in [2.45, 2.75) is 6.92 Å². The lowest BCUT2D eigenvalue weighted by Crippen LogP contribution is -2.22. The molecule has 0 unspecified atom stereocenters. The Morgan fingerprint density at radius 2 is 2.00 bits per heavy atom. The molecular formula is C14H12Br2ClN. The van der Waals surface area contributed by atoms with Crippen molar-refractivity contribution in [2.75, 3.05) is 6.54 Å². The second kappa shape index (κ2) is 5.64. The van der Waals surface area contributed by atoms with Crippen LogP contribution in [-0.4, -0.2) is 11.4 Å². The molecule has 0 aliphatic carbocycles. The zero-order valence-electron chi connectivity index (χ0n) is 9.88. The quantitative estimate of drug-likeness (QED) is 0.639. The molecule has 1 nitrogen and oxygen atoms in total. The Morgan fingerprint density at radius 3 is 2.61 bits per heavy atom. The minimum absolute atomic E-state index is 0.730. The van der Waals surface area contributed by atoms with Crippen molar-refractivity contribution in [3.63, 3.8) is 0 Å². The maximum absolute atomic E-state index is 6.31. The second-order valence-corrected chi connectivity index (χ2v) is 6.06. The van der Waals surface area contributed by atoms with Gasteiger partial charge in [0.25, 0.3) is 0 Å². The maximum atomic E-state index is 6.31. The summed E-state index contributed by atoms with van der Waals surface area (Å²) in [6, 6.07) is 5.91. The van der Waals surface area contributed by atoms with Crippen molar-refractivity contribution in [2.24, 2.45) is 0 Å². The van der Waals surface area contributed by atoms with Crippen molar-refractivity contribution in [1.29, 1.82) is 0 Å². The Labute approximate surface area is 129 Å². The normalized spacial score (nSPS) is 15.6. The summed E-state index contributed by atoms with van der Waals surface area (Å²) in [5.74, 6) is 0. The molecule has 0 N–H and O–H groups in total. The third kappa shape index (κ3) is 2.58. The van der Waals surface area contributed by atoms with E-state index < -0.39 is 0 Å². The molecule has 18 heavy (non-hydrogen) atoms. The first-order valence-corrected chi connectivity index (χ1v) is 7.50. The van der Waals surface area contributed by atoms with E-state index in [4.69, 9.17) is 11.6 Å². The zero-order valence-corrected chi connectivity index (χ0v) is 13.8. The van der Waals surface area contributed by atoms with Gasteiger partial charge in [0, 0.05) is 32.5 Å². The van der Waals surface area contributed by atoms with Gasteiger partial charge in [-0.2, -0.15) is 0 Å². The van der Waals surface area contributed by atoms with Crippen LogP contribution < -0.4 is 0 Å². The van der Waals surface area contributed by atoms with E-state index >= 15 is 0 Å². The lowest BCUT2D eigenvalue weighted by Gasteiger charge is -2.31. The van der Waals surface area contributed by atoms with E-state index in [2.05, 4.69) is 56.3 Å². The van der Waals surface area contributed by atoms with Gasteiger partial charge in [-0.1, -0.05) is 40.2 Å². The van der Waals surface area contributed by atoms with Crippen molar-refractivity contribution in [3.05, 3.63) is 62.2 Å². The number of nitrogens with zero attached hydrogens (tertiary/aromatic N) is 1. The van der Waals surface area contributed by atoms with Crippen molar-refractivity contribution < 1.29 is 0 Å². The molecule has 0 amide bonds. The minimum atomic E-state index is 0.730. The lowest BCUT2D eigenvalue weighted by molar-refractivity contribution is 0.529. The molecule has 1 aromatic carbocycles. The van der Waals surface area contributed by atoms with Crippen LogP contribution in [0.5, 0.6) is 0 Å². The fourth-order valence-corrected chi connectivity index (χ4v) is 3.02. The third-order valence-corrected chi connectivity index (χ3v) is 4.33. The molecule has 1 aliphatic rings. The van der Waals surface area contributed by atoms with Crippen LogP contribution in [0.4, 0.5) is 0 Å². The van der Waals surface area contributed by atoms with E-state index in [0.29, 0.717) is 0 Å². The summed E-state index contributed by atoms with van der Waals surface area (Å²) in [7, 11) is 0. The summed E-state index contributed by atoms with van der Waals surface area (Å²) in [6.07, 6.45) is 4.06. The molecule has 1 aliphatic heterocycles. The van der Waals surface area contributed by atoms with Crippen LogP contribution >= 0.6 is 43.5 Å². The topological polar surface area (TPSA) is 3.24 Å². The van der Waals surface area contributed by atoms with E-state index in [1.54, 1.807) is 0 Å². The van der Waals surface area contributed by atoms with Gasteiger partial charge >= 0.3 is 0 Å². The number of benzene rings is 1. The van der Waals surface area contributed by atoms with Gasteiger partial charge in [-0.05, 0) is 47.1 Å². The minimum Gasteiger partial charge on any atom is -0.341 e. The van der Waals surface area contributed by atoms with E-state index in [9.17, 15) is 0 Å². The SMILES string of the molecule is C=C1C(Br)=CC=C(c2ccc(Br)cc2Cl)N1CC. The molecular weight excluding hydrogens is 377 g/mol. The summed E-state index contributed by atoms with van der Waals surface area (Å²) >= 11 is 13.2. The largest absolute Gasteiger partial charge is 0.341 e. The van der Waals surface area contributed by atoms with Crippen molar-refractivity contribution in [3.8, 4) is 0 Å². The molecule has 0 atom stereocenters. The Balaban J connectivity index is 2.52. The summed E-state index contributed by atoms with van der Waals surface area (Å²) in [5.41, 5.74) is 3.04. The van der Waals surface area contributed by atoms with Crippen LogP contribution in [0, 0.1) is 0 Å². The van der Waals surface area contributed by atoms with Crippen LogP contribution in [-0.2, 0) is 0 Å². The highest BCUT2D eigenvalue weighted by atomic mass is 79.9. The fourth-order valence-electron chi connectivity index (χ4n) is 1.91. The number of halogens is 3. The molecule has 0 aromatic heterocycles. The summed E-state index contributed by atoms with van der Waals surface area (Å²) in [4.78, 5) is 2.14. The van der Waals surface area contributed by atoms with Crippen LogP contribution in [0.15, 0.2) is 51.6 Å². The predicted molar refractivity (Wildman–Crippen MR) is 85.7 cm³/mol. The smallest absolute Gasteiger partial charge is 0.0510 e. The third-order valence-electron chi connectivity index (χ3n) is 2.80. The first-order valence-electron chi connectivity index (χ1n) is 5.54. The standard InChI is InChI=1S/C14H12Br2ClN/c1-3-18-9(2)12(16)6-7-14(18)11-5-4-10(15)8-13(11)17/h4-8H,2-3H2,1H3. The molecule has 1 aromatic rings. The van der Waals surface area contributed by atoms with E-state index in [1.165, 1.54) is 0 Å². The fraction of sp³-hybridized carbons (Fsp3) is 0.143. The van der Waals surface area contributed by atoms with Crippen molar-refractivity contribution >= 4 is 49.2 Å². The van der Waals surface area contributed by atoms with Crippen LogP contribution in [0.2, 0.25) is 5.02 Å². The zero-order chi connectivity index (χ0) is 13.3. The maximum Gasteiger partial charge on any atom is 0.0510 e. The average molecular weight is 390 g/mol. The molecule has 0 saturated carbocycles. The first kappa shape index (κ1) is 13.9. The van der Waals surface area contributed by atoms with Gasteiger partial charge in [0.1, 0.15) is 0 Å². The highest BCUT2D eigenvalue weighted by molar-refractivity contribution is 9.12. The molecule has 4 heteroatoms. The number of allylic oxidation sites excluding steroid dienone is 3. The number of hydrogen-bond acceptors (Lipinski definition) is 1. The predicted octanol–water partition coefficient (Wildman–Crippen LogP) is 5.57. The Morgan fingerprint density at radius 1 is 1.28 bits per heavy atom. The summed E-state index contributed by atoms with van der Waals surface area (Å²) < 4.78 is 1.98. The van der Waals surface area contributed by atoms with Crippen LogP contribution in [0.3, 0.4) is 0 Å². The molecule has 0 spiro atoms. The molecule has 1 heterocycles. The molecule has 94 valence electrons. The molecule has 0 radical (unpaired) electrons. The van der Waals surface area contributed by atoms with Gasteiger partial charge in [0.15, 0.2) is 0 Å². The Hall–Kier alpha value is -0.510. The van der Waals surface area contributed by atoms with Crippen LogP contribution in [0.1, 0.15) is 12.5 Å². The van der Waals surface area contributed by atoms with E-state index in [1.807, 2.05) is 24.3 Å². The van der Waals surface area contributed by atoms with E-state index in [-0.39, 0.29) is 0 Å². The number of hydrogen-bond donors (Lipinski definition) is 0. The van der Waals surface area contributed by atoms with Gasteiger partial charge in [-0.3, -0.25) is 0 Å². The summed E-state index contributed by atoms with van der Waals surface area (Å²) in [5, 5.41) is 0.730. The van der Waals surface area contributed by atoms with Crippen molar-refractivity contribution in [1.82, 2.24) is 4.90 Å². The highest BCUT2D eigenvalue weighted by Gasteiger charge is 2.19. The monoisotopic (exact) mass is 387 g/mol. The van der Waals surface area contributed by atoms with Gasteiger partial charge in [0.2, 0.25) is 0 Å². The van der Waals surface area contributed by atoms with Gasteiger partial charge in [-0.15, -0.1) is 0 Å².